The zero-order chi connectivity index (χ0) is 17.5. The Morgan fingerprint density at radius 2 is 1.70 bits per heavy atom. The molecule has 0 aliphatic carbocycles. The molecular formula is C16H15F3O4. The van der Waals surface area contributed by atoms with Gasteiger partial charge >= 0.3 is 18.1 Å². The standard InChI is InChI=1S/C16H15F3O4/c1-11(2)15(21)23-10-9-22-14(20)8-5-12-3-6-13(7-4-12)16(17,18)19/h3-8H,1,9-10H2,2H3/b8-5+. The fraction of sp³-hybridized carbons (Fsp3) is 0.250. The van der Waals surface area contributed by atoms with E-state index in [1.54, 1.807) is 0 Å². The van der Waals surface area contributed by atoms with Crippen LogP contribution in [0.2, 0.25) is 0 Å². The van der Waals surface area contributed by atoms with Crippen LogP contribution in [0, 0.1) is 0 Å². The molecular weight excluding hydrogens is 313 g/mol. The second kappa shape index (κ2) is 8.17. The topological polar surface area (TPSA) is 52.6 Å². The second-order valence-electron chi connectivity index (χ2n) is 4.54. The van der Waals surface area contributed by atoms with E-state index < -0.39 is 23.7 Å². The van der Waals surface area contributed by atoms with Crippen molar-refractivity contribution >= 4 is 18.0 Å². The maximum Gasteiger partial charge on any atom is 0.416 e. The minimum Gasteiger partial charge on any atom is -0.459 e. The lowest BCUT2D eigenvalue weighted by atomic mass is 10.1. The van der Waals surface area contributed by atoms with E-state index in [0.717, 1.165) is 18.2 Å². The number of esters is 2. The summed E-state index contributed by atoms with van der Waals surface area (Å²) in [4.78, 5) is 22.4. The Bertz CT molecular complexity index is 601. The first-order chi connectivity index (χ1) is 10.7. The molecule has 1 aromatic carbocycles. The number of ether oxygens (including phenoxy) is 2. The fourth-order valence-corrected chi connectivity index (χ4v) is 1.40. The molecule has 124 valence electrons. The monoisotopic (exact) mass is 328 g/mol. The molecule has 7 heteroatoms. The predicted molar refractivity (Wildman–Crippen MR) is 77.2 cm³/mol. The van der Waals surface area contributed by atoms with Gasteiger partial charge in [0.25, 0.3) is 0 Å². The van der Waals surface area contributed by atoms with Crippen molar-refractivity contribution in [2.75, 3.05) is 13.2 Å². The smallest absolute Gasteiger partial charge is 0.416 e. The molecule has 0 amide bonds. The number of carbonyl (C=O) groups excluding carboxylic acids is 2. The van der Waals surface area contributed by atoms with Gasteiger partial charge in [-0.2, -0.15) is 13.2 Å². The first-order valence-electron chi connectivity index (χ1n) is 6.55. The summed E-state index contributed by atoms with van der Waals surface area (Å²) in [6.45, 7) is 4.64. The van der Waals surface area contributed by atoms with Gasteiger partial charge in [0.1, 0.15) is 13.2 Å². The van der Waals surface area contributed by atoms with E-state index in [1.165, 1.54) is 25.1 Å². The summed E-state index contributed by atoms with van der Waals surface area (Å²) in [5, 5.41) is 0. The number of benzene rings is 1. The summed E-state index contributed by atoms with van der Waals surface area (Å²) in [5.41, 5.74) is -0.112. The Kier molecular flexibility index (Phi) is 6.56. The quantitative estimate of drug-likeness (QED) is 0.456. The molecule has 0 N–H and O–H groups in total. The summed E-state index contributed by atoms with van der Waals surface area (Å²) in [5.74, 6) is -1.28. The molecule has 0 atom stereocenters. The lowest BCUT2D eigenvalue weighted by Crippen LogP contribution is -2.12. The molecule has 1 rings (SSSR count). The van der Waals surface area contributed by atoms with E-state index in [2.05, 4.69) is 6.58 Å². The van der Waals surface area contributed by atoms with Gasteiger partial charge in [-0.25, -0.2) is 9.59 Å². The molecule has 0 aromatic heterocycles. The number of carbonyl (C=O) groups is 2. The van der Waals surface area contributed by atoms with Crippen LogP contribution in [0.25, 0.3) is 6.08 Å². The Balaban J connectivity index is 2.40. The molecule has 23 heavy (non-hydrogen) atoms. The van der Waals surface area contributed by atoms with Gasteiger partial charge in [-0.05, 0) is 30.7 Å². The van der Waals surface area contributed by atoms with Crippen LogP contribution in [0.1, 0.15) is 18.1 Å². The van der Waals surface area contributed by atoms with Gasteiger partial charge in [-0.15, -0.1) is 0 Å². The number of rotatable bonds is 6. The molecule has 4 nitrogen and oxygen atoms in total. The van der Waals surface area contributed by atoms with Crippen LogP contribution >= 0.6 is 0 Å². The van der Waals surface area contributed by atoms with Crippen molar-refractivity contribution in [3.05, 3.63) is 53.6 Å². The van der Waals surface area contributed by atoms with Crippen LogP contribution in [0.5, 0.6) is 0 Å². The van der Waals surface area contributed by atoms with Gasteiger partial charge in [0, 0.05) is 11.6 Å². The highest BCUT2D eigenvalue weighted by atomic mass is 19.4. The van der Waals surface area contributed by atoms with Gasteiger partial charge < -0.3 is 9.47 Å². The minimum absolute atomic E-state index is 0.106. The van der Waals surface area contributed by atoms with Crippen molar-refractivity contribution in [3.8, 4) is 0 Å². The highest BCUT2D eigenvalue weighted by Crippen LogP contribution is 2.29. The van der Waals surface area contributed by atoms with E-state index in [-0.39, 0.29) is 18.8 Å². The lowest BCUT2D eigenvalue weighted by Gasteiger charge is -2.06. The minimum atomic E-state index is -4.40. The zero-order valence-corrected chi connectivity index (χ0v) is 12.4. The normalized spacial score (nSPS) is 11.3. The molecule has 0 heterocycles. The fourth-order valence-electron chi connectivity index (χ4n) is 1.40. The average molecular weight is 328 g/mol. The highest BCUT2D eigenvalue weighted by molar-refractivity contribution is 5.87. The molecule has 0 saturated heterocycles. The average Bonchev–Trinajstić information content (AvgIpc) is 2.48. The highest BCUT2D eigenvalue weighted by Gasteiger charge is 2.29. The van der Waals surface area contributed by atoms with Crippen molar-refractivity contribution in [2.24, 2.45) is 0 Å². The van der Waals surface area contributed by atoms with Gasteiger partial charge in [0.15, 0.2) is 0 Å². The molecule has 0 saturated carbocycles. The Morgan fingerprint density at radius 1 is 1.13 bits per heavy atom. The summed E-state index contributed by atoms with van der Waals surface area (Å²) in [6, 6.07) is 4.31. The van der Waals surface area contributed by atoms with Crippen molar-refractivity contribution < 1.29 is 32.2 Å². The third-order valence-electron chi connectivity index (χ3n) is 2.56. The van der Waals surface area contributed by atoms with Gasteiger partial charge in [0.2, 0.25) is 0 Å². The van der Waals surface area contributed by atoms with E-state index in [4.69, 9.17) is 9.47 Å². The first-order valence-corrected chi connectivity index (χ1v) is 6.55. The SMILES string of the molecule is C=C(C)C(=O)OCCOC(=O)/C=C/c1ccc(C(F)(F)F)cc1. The largest absolute Gasteiger partial charge is 0.459 e. The molecule has 0 fully saturated rings. The summed E-state index contributed by atoms with van der Waals surface area (Å²) in [6.07, 6.45) is -2.01. The number of hydrogen-bond donors (Lipinski definition) is 0. The van der Waals surface area contributed by atoms with Gasteiger partial charge in [0.05, 0.1) is 5.56 Å². The van der Waals surface area contributed by atoms with Crippen molar-refractivity contribution in [3.63, 3.8) is 0 Å². The molecule has 0 unspecified atom stereocenters. The van der Waals surface area contributed by atoms with Gasteiger partial charge in [-0.1, -0.05) is 18.7 Å². The maximum absolute atomic E-state index is 12.4. The van der Waals surface area contributed by atoms with Gasteiger partial charge in [-0.3, -0.25) is 0 Å². The molecule has 0 spiro atoms. The lowest BCUT2D eigenvalue weighted by molar-refractivity contribution is -0.146. The number of halogens is 3. The summed E-state index contributed by atoms with van der Waals surface area (Å²) < 4.78 is 46.6. The molecule has 0 aliphatic rings. The van der Waals surface area contributed by atoms with Crippen molar-refractivity contribution in [1.82, 2.24) is 0 Å². The van der Waals surface area contributed by atoms with Crippen LogP contribution in [0.3, 0.4) is 0 Å². The van der Waals surface area contributed by atoms with Crippen molar-refractivity contribution in [2.45, 2.75) is 13.1 Å². The van der Waals surface area contributed by atoms with Crippen LogP contribution in [-0.2, 0) is 25.2 Å². The van der Waals surface area contributed by atoms with Crippen LogP contribution < -0.4 is 0 Å². The van der Waals surface area contributed by atoms with E-state index >= 15 is 0 Å². The third-order valence-corrected chi connectivity index (χ3v) is 2.56. The first kappa shape index (κ1) is 18.5. The zero-order valence-electron chi connectivity index (χ0n) is 12.4. The van der Waals surface area contributed by atoms with Crippen LogP contribution in [0.15, 0.2) is 42.5 Å². The van der Waals surface area contributed by atoms with Crippen LogP contribution in [-0.4, -0.2) is 25.2 Å². The van der Waals surface area contributed by atoms with E-state index in [9.17, 15) is 22.8 Å². The summed E-state index contributed by atoms with van der Waals surface area (Å²) in [7, 11) is 0. The van der Waals surface area contributed by atoms with E-state index in [1.807, 2.05) is 0 Å². The Morgan fingerprint density at radius 3 is 2.22 bits per heavy atom. The molecule has 0 aliphatic heterocycles. The molecule has 1 aromatic rings. The molecule has 0 bridgehead atoms. The second-order valence-corrected chi connectivity index (χ2v) is 4.54. The van der Waals surface area contributed by atoms with Crippen LogP contribution in [0.4, 0.5) is 13.2 Å². The number of alkyl halides is 3. The molecule has 0 radical (unpaired) electrons. The third kappa shape index (κ3) is 6.82. The Hall–Kier alpha value is -2.57. The predicted octanol–water partition coefficient (Wildman–Crippen LogP) is 3.38. The van der Waals surface area contributed by atoms with E-state index in [0.29, 0.717) is 5.56 Å². The number of hydrogen-bond acceptors (Lipinski definition) is 4. The summed E-state index contributed by atoms with van der Waals surface area (Å²) >= 11 is 0. The maximum atomic E-state index is 12.4. The Labute approximate surface area is 131 Å². The van der Waals surface area contributed by atoms with Crippen molar-refractivity contribution in [1.29, 1.82) is 0 Å².